The van der Waals surface area contributed by atoms with E-state index >= 15 is 0 Å². The van der Waals surface area contributed by atoms with Gasteiger partial charge in [-0.3, -0.25) is 4.79 Å². The van der Waals surface area contributed by atoms with Gasteiger partial charge in [-0.25, -0.2) is 0 Å². The first-order valence-corrected chi connectivity index (χ1v) is 8.66. The zero-order chi connectivity index (χ0) is 16.2. The van der Waals surface area contributed by atoms with Crippen LogP contribution >= 0.6 is 0 Å². The Balaban J connectivity index is 1.71. The van der Waals surface area contributed by atoms with E-state index in [0.29, 0.717) is 19.5 Å². The lowest BCUT2D eigenvalue weighted by atomic mass is 10.1. The molecule has 2 N–H and O–H groups in total. The minimum Gasteiger partial charge on any atom is -0.392 e. The van der Waals surface area contributed by atoms with Crippen molar-refractivity contribution in [1.29, 1.82) is 0 Å². The lowest BCUT2D eigenvalue weighted by Gasteiger charge is -2.31. The van der Waals surface area contributed by atoms with Gasteiger partial charge in [0, 0.05) is 45.0 Å². The van der Waals surface area contributed by atoms with Crippen molar-refractivity contribution in [3.05, 3.63) is 29.8 Å². The maximum atomic E-state index is 12.9. The highest BCUT2D eigenvalue weighted by molar-refractivity contribution is 5.99. The number of hydrogen-bond acceptors (Lipinski definition) is 4. The highest BCUT2D eigenvalue weighted by Crippen LogP contribution is 2.25. The maximum Gasteiger partial charge on any atom is 0.255 e. The summed E-state index contributed by atoms with van der Waals surface area (Å²) in [4.78, 5) is 17.0. The number of para-hydroxylation sites is 1. The number of rotatable bonds is 4. The minimum atomic E-state index is -0.288. The molecule has 0 unspecified atom stereocenters. The molecule has 5 nitrogen and oxygen atoms in total. The predicted octanol–water partition coefficient (Wildman–Crippen LogP) is 1.47. The Hall–Kier alpha value is -1.59. The summed E-state index contributed by atoms with van der Waals surface area (Å²) in [6.07, 6.45) is 4.10. The summed E-state index contributed by atoms with van der Waals surface area (Å²) < 4.78 is 0. The van der Waals surface area contributed by atoms with Gasteiger partial charge in [0.2, 0.25) is 0 Å². The average molecular weight is 317 g/mol. The van der Waals surface area contributed by atoms with Gasteiger partial charge in [-0.1, -0.05) is 12.1 Å². The van der Waals surface area contributed by atoms with Crippen molar-refractivity contribution in [2.45, 2.75) is 37.8 Å². The van der Waals surface area contributed by atoms with Gasteiger partial charge in [0.25, 0.3) is 5.91 Å². The fourth-order valence-corrected chi connectivity index (χ4v) is 3.62. The number of nitrogens with zero attached hydrogens (tertiary/aromatic N) is 2. The Morgan fingerprint density at radius 3 is 2.74 bits per heavy atom. The zero-order valence-electron chi connectivity index (χ0n) is 13.9. The number of amides is 1. The van der Waals surface area contributed by atoms with E-state index in [2.05, 4.69) is 16.3 Å². The topological polar surface area (TPSA) is 55.8 Å². The highest BCUT2D eigenvalue weighted by Gasteiger charge is 2.26. The number of likely N-dealkylation sites (N-methyl/N-ethyl adjacent to an activating group) is 1. The second-order valence-corrected chi connectivity index (χ2v) is 6.75. The molecule has 5 heteroatoms. The summed E-state index contributed by atoms with van der Waals surface area (Å²) >= 11 is 0. The molecule has 1 aromatic carbocycles. The van der Waals surface area contributed by atoms with Gasteiger partial charge in [-0.05, 0) is 37.8 Å². The van der Waals surface area contributed by atoms with Crippen LogP contribution in [0.25, 0.3) is 0 Å². The number of anilines is 1. The maximum absolute atomic E-state index is 12.9. The number of β-amino-alcohol motifs (C(OH)–C–C–N with tert-alkyl or cyclic N) is 1. The number of piperidine rings is 1. The van der Waals surface area contributed by atoms with Crippen molar-refractivity contribution in [1.82, 2.24) is 10.2 Å². The third-order valence-electron chi connectivity index (χ3n) is 4.87. The minimum absolute atomic E-state index is 0.0642. The van der Waals surface area contributed by atoms with Crippen molar-refractivity contribution < 1.29 is 9.90 Å². The molecule has 2 aliphatic heterocycles. The van der Waals surface area contributed by atoms with Gasteiger partial charge in [-0.15, -0.1) is 0 Å². The quantitative estimate of drug-likeness (QED) is 0.883. The first-order chi connectivity index (χ1) is 11.1. The van der Waals surface area contributed by atoms with Gasteiger partial charge in [0.05, 0.1) is 11.7 Å². The average Bonchev–Trinajstić information content (AvgIpc) is 3.00. The highest BCUT2D eigenvalue weighted by atomic mass is 16.3. The second kappa shape index (κ2) is 7.32. The van der Waals surface area contributed by atoms with Crippen LogP contribution in [0.3, 0.4) is 0 Å². The number of nitrogens with one attached hydrogen (secondary N) is 1. The van der Waals surface area contributed by atoms with E-state index in [9.17, 15) is 9.90 Å². The van der Waals surface area contributed by atoms with Crippen molar-refractivity contribution in [3.63, 3.8) is 0 Å². The molecule has 0 saturated carbocycles. The van der Waals surface area contributed by atoms with E-state index in [4.69, 9.17) is 0 Å². The van der Waals surface area contributed by atoms with E-state index in [1.807, 2.05) is 25.2 Å². The lowest BCUT2D eigenvalue weighted by Crippen LogP contribution is -2.39. The molecule has 0 spiro atoms. The van der Waals surface area contributed by atoms with Crippen molar-refractivity contribution in [2.75, 3.05) is 38.1 Å². The normalized spacial score (nSPS) is 24.7. The van der Waals surface area contributed by atoms with Crippen LogP contribution in [0.5, 0.6) is 0 Å². The van der Waals surface area contributed by atoms with Crippen LogP contribution in [0.15, 0.2) is 24.3 Å². The molecule has 2 aliphatic rings. The van der Waals surface area contributed by atoms with Gasteiger partial charge in [0.15, 0.2) is 0 Å². The molecule has 1 amide bonds. The molecule has 23 heavy (non-hydrogen) atoms. The number of benzene rings is 1. The number of hydrogen-bond donors (Lipinski definition) is 2. The van der Waals surface area contributed by atoms with E-state index < -0.39 is 0 Å². The SMILES string of the molecule is CN(C[C@@H]1C[C@@H](O)CN1)C(=O)c1ccccc1N1CCCCC1. The Morgan fingerprint density at radius 2 is 2.04 bits per heavy atom. The summed E-state index contributed by atoms with van der Waals surface area (Å²) in [6.45, 7) is 3.32. The van der Waals surface area contributed by atoms with E-state index in [1.165, 1.54) is 19.3 Å². The number of carbonyl (C=O) groups is 1. The largest absolute Gasteiger partial charge is 0.392 e. The monoisotopic (exact) mass is 317 g/mol. The third-order valence-corrected chi connectivity index (χ3v) is 4.87. The van der Waals surface area contributed by atoms with Crippen molar-refractivity contribution in [3.8, 4) is 0 Å². The molecule has 2 saturated heterocycles. The lowest BCUT2D eigenvalue weighted by molar-refractivity contribution is 0.0781. The van der Waals surface area contributed by atoms with Crippen LogP contribution in [0.1, 0.15) is 36.0 Å². The first kappa shape index (κ1) is 16.3. The molecule has 0 bridgehead atoms. The van der Waals surface area contributed by atoms with Crippen LogP contribution < -0.4 is 10.2 Å². The van der Waals surface area contributed by atoms with Crippen LogP contribution in [-0.2, 0) is 0 Å². The molecule has 2 atom stereocenters. The van der Waals surface area contributed by atoms with Crippen LogP contribution in [-0.4, -0.2) is 61.3 Å². The summed E-state index contributed by atoms with van der Waals surface area (Å²) in [5, 5.41) is 12.9. The van der Waals surface area contributed by atoms with Gasteiger partial charge < -0.3 is 20.2 Å². The first-order valence-electron chi connectivity index (χ1n) is 8.66. The number of carbonyl (C=O) groups excluding carboxylic acids is 1. The summed E-state index contributed by atoms with van der Waals surface area (Å²) in [5.74, 6) is 0.0642. The van der Waals surface area contributed by atoms with E-state index in [0.717, 1.165) is 24.3 Å². The molecule has 0 radical (unpaired) electrons. The van der Waals surface area contributed by atoms with Crippen molar-refractivity contribution in [2.24, 2.45) is 0 Å². The Morgan fingerprint density at radius 1 is 1.30 bits per heavy atom. The molecular weight excluding hydrogens is 290 g/mol. The van der Waals surface area contributed by atoms with Crippen LogP contribution in [0.2, 0.25) is 0 Å². The molecule has 2 heterocycles. The smallest absolute Gasteiger partial charge is 0.255 e. The molecule has 0 aromatic heterocycles. The Labute approximate surface area is 138 Å². The molecule has 3 rings (SSSR count). The Bertz CT molecular complexity index is 543. The second-order valence-electron chi connectivity index (χ2n) is 6.75. The standard InChI is InChI=1S/C18H27N3O2/c1-20(13-14-11-15(22)12-19-14)18(23)16-7-3-4-8-17(16)21-9-5-2-6-10-21/h3-4,7-8,14-15,19,22H,2,5-6,9-13H2,1H3/t14-,15+/m0/s1. The van der Waals surface area contributed by atoms with Crippen molar-refractivity contribution >= 4 is 11.6 Å². The summed E-state index contributed by atoms with van der Waals surface area (Å²) in [5.41, 5.74) is 1.85. The van der Waals surface area contributed by atoms with Crippen LogP contribution in [0, 0.1) is 0 Å². The van der Waals surface area contributed by atoms with Gasteiger partial charge >= 0.3 is 0 Å². The van der Waals surface area contributed by atoms with E-state index in [-0.39, 0.29) is 18.1 Å². The fourth-order valence-electron chi connectivity index (χ4n) is 3.62. The van der Waals surface area contributed by atoms with E-state index in [1.54, 1.807) is 4.90 Å². The molecule has 0 aliphatic carbocycles. The third kappa shape index (κ3) is 3.85. The number of aliphatic hydroxyl groups excluding tert-OH is 1. The molecular formula is C18H27N3O2. The predicted molar refractivity (Wildman–Crippen MR) is 91.9 cm³/mol. The molecule has 126 valence electrons. The molecule has 1 aromatic rings. The summed E-state index contributed by atoms with van der Waals surface area (Å²) in [6, 6.07) is 8.12. The van der Waals surface area contributed by atoms with Gasteiger partial charge in [0.1, 0.15) is 0 Å². The van der Waals surface area contributed by atoms with Gasteiger partial charge in [-0.2, -0.15) is 0 Å². The zero-order valence-corrected chi connectivity index (χ0v) is 13.9. The molecule has 2 fully saturated rings. The Kier molecular flexibility index (Phi) is 5.18. The number of aliphatic hydroxyl groups is 1. The van der Waals surface area contributed by atoms with Crippen LogP contribution in [0.4, 0.5) is 5.69 Å². The summed E-state index contributed by atoms with van der Waals surface area (Å²) in [7, 11) is 1.85. The fraction of sp³-hybridized carbons (Fsp3) is 0.611.